The third kappa shape index (κ3) is 4.01. The molecular weight excluding hydrogens is 438 g/mol. The summed E-state index contributed by atoms with van der Waals surface area (Å²) >= 11 is 9.38. The smallest absolute Gasteiger partial charge is 0.341 e. The minimum absolute atomic E-state index is 0.223. The Morgan fingerprint density at radius 1 is 1.27 bits per heavy atom. The Hall–Kier alpha value is -1.89. The molecule has 1 atom stereocenters. The zero-order chi connectivity index (χ0) is 21.6. The summed E-state index contributed by atoms with van der Waals surface area (Å²) in [7, 11) is 0. The molecule has 1 aliphatic rings. The molecule has 0 saturated carbocycles. The van der Waals surface area contributed by atoms with E-state index in [1.165, 1.54) is 22.7 Å². The van der Waals surface area contributed by atoms with Crippen LogP contribution in [0.15, 0.2) is 18.2 Å². The first kappa shape index (κ1) is 21.3. The summed E-state index contributed by atoms with van der Waals surface area (Å²) in [6.07, 6.45) is 2.55. The summed E-state index contributed by atoms with van der Waals surface area (Å²) < 4.78 is 6.47. The average molecular weight is 462 g/mol. The quantitative estimate of drug-likeness (QED) is 0.431. The van der Waals surface area contributed by atoms with E-state index in [-0.39, 0.29) is 18.0 Å². The predicted octanol–water partition coefficient (Wildman–Crippen LogP) is 6.87. The van der Waals surface area contributed by atoms with Crippen molar-refractivity contribution in [2.45, 2.75) is 53.1 Å². The second kappa shape index (κ2) is 8.33. The largest absolute Gasteiger partial charge is 0.459 e. The summed E-state index contributed by atoms with van der Waals surface area (Å²) in [4.78, 5) is 27.6. The fraction of sp³-hybridized carbons (Fsp3) is 0.391. The summed E-state index contributed by atoms with van der Waals surface area (Å²) in [5, 5.41) is 4.86. The van der Waals surface area contributed by atoms with Crippen LogP contribution in [0, 0.1) is 12.8 Å². The van der Waals surface area contributed by atoms with Crippen LogP contribution in [0.1, 0.15) is 63.2 Å². The molecule has 0 bridgehead atoms. The van der Waals surface area contributed by atoms with Crippen molar-refractivity contribution in [1.29, 1.82) is 0 Å². The van der Waals surface area contributed by atoms with Gasteiger partial charge in [0.1, 0.15) is 9.88 Å². The SMILES string of the molecule is Cc1ccc2c(Cl)c(C(=O)Nc3sc4c(c3C(=O)OC(C)C)CCC(C)C4)sc2c1. The van der Waals surface area contributed by atoms with Crippen molar-refractivity contribution in [1.82, 2.24) is 0 Å². The molecule has 2 aromatic heterocycles. The summed E-state index contributed by atoms with van der Waals surface area (Å²) in [6, 6.07) is 5.95. The molecule has 0 fully saturated rings. The first-order valence-corrected chi connectivity index (χ1v) is 12.1. The molecule has 4 nitrogen and oxygen atoms in total. The number of anilines is 1. The second-order valence-electron chi connectivity index (χ2n) is 8.21. The standard InChI is InChI=1S/C23H24ClNO3S2/c1-11(2)28-23(27)18-14-7-5-12(3)9-16(14)30-22(18)25-21(26)20-19(24)15-8-6-13(4)10-17(15)29-20/h6,8,10-12H,5,7,9H2,1-4H3,(H,25,26). The van der Waals surface area contributed by atoms with Gasteiger partial charge < -0.3 is 10.1 Å². The molecule has 30 heavy (non-hydrogen) atoms. The van der Waals surface area contributed by atoms with Gasteiger partial charge >= 0.3 is 5.97 Å². The zero-order valence-corrected chi connectivity index (χ0v) is 19.8. The molecule has 1 aromatic carbocycles. The molecule has 0 radical (unpaired) electrons. The van der Waals surface area contributed by atoms with Gasteiger partial charge in [-0.05, 0) is 63.1 Å². The zero-order valence-electron chi connectivity index (χ0n) is 17.4. The molecular formula is C23H24ClNO3S2. The maximum absolute atomic E-state index is 13.1. The lowest BCUT2D eigenvalue weighted by Crippen LogP contribution is -2.18. The normalized spacial score (nSPS) is 16.0. The van der Waals surface area contributed by atoms with Gasteiger partial charge in [0.15, 0.2) is 0 Å². The minimum atomic E-state index is -0.370. The second-order valence-corrected chi connectivity index (χ2v) is 10.7. The van der Waals surface area contributed by atoms with Crippen molar-refractivity contribution >= 4 is 61.2 Å². The van der Waals surface area contributed by atoms with E-state index in [4.69, 9.17) is 16.3 Å². The number of thiophene rings is 2. The third-order valence-corrected chi connectivity index (χ3v) is 8.10. The molecule has 3 aromatic rings. The lowest BCUT2D eigenvalue weighted by atomic mass is 9.88. The Balaban J connectivity index is 1.71. The maximum Gasteiger partial charge on any atom is 0.341 e. The number of nitrogens with one attached hydrogen (secondary N) is 1. The molecule has 1 unspecified atom stereocenters. The van der Waals surface area contributed by atoms with Gasteiger partial charge in [-0.1, -0.05) is 30.7 Å². The fourth-order valence-electron chi connectivity index (χ4n) is 3.81. The molecule has 1 N–H and O–H groups in total. The van der Waals surface area contributed by atoms with E-state index >= 15 is 0 Å². The van der Waals surface area contributed by atoms with Gasteiger partial charge in [-0.15, -0.1) is 22.7 Å². The first-order chi connectivity index (χ1) is 14.2. The fourth-order valence-corrected chi connectivity index (χ4v) is 6.71. The van der Waals surface area contributed by atoms with Gasteiger partial charge in [-0.25, -0.2) is 4.79 Å². The summed E-state index contributed by atoms with van der Waals surface area (Å²) in [6.45, 7) is 7.88. The van der Waals surface area contributed by atoms with Gasteiger partial charge in [-0.3, -0.25) is 4.79 Å². The molecule has 158 valence electrons. The van der Waals surface area contributed by atoms with E-state index in [0.717, 1.165) is 45.4 Å². The first-order valence-electron chi connectivity index (χ1n) is 10.1. The maximum atomic E-state index is 13.1. The van der Waals surface area contributed by atoms with Crippen LogP contribution in [0.25, 0.3) is 10.1 Å². The Bertz CT molecular complexity index is 1150. The Kier molecular flexibility index (Phi) is 5.93. The molecule has 1 amide bonds. The topological polar surface area (TPSA) is 55.4 Å². The molecule has 4 rings (SSSR count). The van der Waals surface area contributed by atoms with Crippen molar-refractivity contribution in [3.63, 3.8) is 0 Å². The molecule has 0 spiro atoms. The molecule has 7 heteroatoms. The van der Waals surface area contributed by atoms with Crippen LogP contribution < -0.4 is 5.32 Å². The highest BCUT2D eigenvalue weighted by Crippen LogP contribution is 2.41. The van der Waals surface area contributed by atoms with Gasteiger partial charge in [0.25, 0.3) is 5.91 Å². The van der Waals surface area contributed by atoms with E-state index in [0.29, 0.717) is 26.4 Å². The van der Waals surface area contributed by atoms with E-state index in [1.807, 2.05) is 39.0 Å². The van der Waals surface area contributed by atoms with Crippen LogP contribution in [-0.4, -0.2) is 18.0 Å². The van der Waals surface area contributed by atoms with Crippen LogP contribution in [-0.2, 0) is 17.6 Å². The minimum Gasteiger partial charge on any atom is -0.459 e. The van der Waals surface area contributed by atoms with Gasteiger partial charge in [-0.2, -0.15) is 0 Å². The number of aryl methyl sites for hydroxylation is 1. The van der Waals surface area contributed by atoms with Crippen molar-refractivity contribution in [2.75, 3.05) is 5.32 Å². The van der Waals surface area contributed by atoms with Crippen molar-refractivity contribution in [2.24, 2.45) is 5.92 Å². The number of halogens is 1. The summed E-state index contributed by atoms with van der Waals surface area (Å²) in [5.41, 5.74) is 2.65. The van der Waals surface area contributed by atoms with E-state index in [1.54, 1.807) is 0 Å². The van der Waals surface area contributed by atoms with Gasteiger partial charge in [0, 0.05) is 15.0 Å². The number of hydrogen-bond acceptors (Lipinski definition) is 5. The third-order valence-electron chi connectivity index (χ3n) is 5.28. The van der Waals surface area contributed by atoms with E-state index in [9.17, 15) is 9.59 Å². The van der Waals surface area contributed by atoms with Crippen LogP contribution in [0.3, 0.4) is 0 Å². The molecule has 2 heterocycles. The highest BCUT2D eigenvalue weighted by Gasteiger charge is 2.30. The number of carbonyl (C=O) groups is 2. The molecule has 1 aliphatic carbocycles. The lowest BCUT2D eigenvalue weighted by molar-refractivity contribution is 0.0378. The number of fused-ring (bicyclic) bond motifs is 2. The van der Waals surface area contributed by atoms with Crippen molar-refractivity contribution < 1.29 is 14.3 Å². The molecule has 0 aliphatic heterocycles. The summed E-state index contributed by atoms with van der Waals surface area (Å²) in [5.74, 6) is -0.0940. The van der Waals surface area contributed by atoms with Crippen LogP contribution >= 0.6 is 34.3 Å². The number of rotatable bonds is 4. The number of carbonyl (C=O) groups excluding carboxylic acids is 2. The number of amides is 1. The average Bonchev–Trinajstić information content (AvgIpc) is 3.17. The van der Waals surface area contributed by atoms with Gasteiger partial charge in [0.2, 0.25) is 0 Å². The van der Waals surface area contributed by atoms with Crippen LogP contribution in [0.4, 0.5) is 5.00 Å². The van der Waals surface area contributed by atoms with Crippen molar-refractivity contribution in [3.05, 3.63) is 49.7 Å². The van der Waals surface area contributed by atoms with Crippen LogP contribution in [0.5, 0.6) is 0 Å². The molecule has 0 saturated heterocycles. The predicted molar refractivity (Wildman–Crippen MR) is 126 cm³/mol. The Labute approximate surface area is 189 Å². The van der Waals surface area contributed by atoms with Crippen molar-refractivity contribution in [3.8, 4) is 0 Å². The van der Waals surface area contributed by atoms with E-state index < -0.39 is 0 Å². The highest BCUT2D eigenvalue weighted by molar-refractivity contribution is 7.22. The number of ether oxygens (including phenoxy) is 1. The number of esters is 1. The monoisotopic (exact) mass is 461 g/mol. The lowest BCUT2D eigenvalue weighted by Gasteiger charge is -2.18. The van der Waals surface area contributed by atoms with Gasteiger partial charge in [0.05, 0.1) is 16.7 Å². The van der Waals surface area contributed by atoms with E-state index in [2.05, 4.69) is 12.2 Å². The van der Waals surface area contributed by atoms with Crippen LogP contribution in [0.2, 0.25) is 5.02 Å². The number of benzene rings is 1. The number of hydrogen-bond donors (Lipinski definition) is 1. The Morgan fingerprint density at radius 2 is 2.03 bits per heavy atom. The Morgan fingerprint density at radius 3 is 2.77 bits per heavy atom. The highest BCUT2D eigenvalue weighted by atomic mass is 35.5.